The summed E-state index contributed by atoms with van der Waals surface area (Å²) in [7, 11) is 0. The van der Waals surface area contributed by atoms with Crippen molar-refractivity contribution in [3.8, 4) is 0 Å². The molecule has 0 unspecified atom stereocenters. The number of hydrogen-bond donors (Lipinski definition) is 2. The second-order valence-corrected chi connectivity index (χ2v) is 6.73. The summed E-state index contributed by atoms with van der Waals surface area (Å²) in [4.78, 5) is 11.3. The molecule has 1 aromatic rings. The van der Waals surface area contributed by atoms with Gasteiger partial charge in [0.15, 0.2) is 0 Å². The lowest BCUT2D eigenvalue weighted by atomic mass is 9.88. The average molecular weight is 277 g/mol. The van der Waals surface area contributed by atoms with Crippen LogP contribution in [-0.2, 0) is 11.3 Å². The van der Waals surface area contributed by atoms with Gasteiger partial charge in [-0.15, -0.1) is 0 Å². The topological polar surface area (TPSA) is 49.3 Å². The van der Waals surface area contributed by atoms with Gasteiger partial charge >= 0.3 is 5.97 Å². The molecule has 0 bridgehead atoms. The average Bonchev–Trinajstić information content (AvgIpc) is 2.32. The molecule has 0 amide bonds. The summed E-state index contributed by atoms with van der Waals surface area (Å²) in [6.07, 6.45) is 1.55. The first-order valence-corrected chi connectivity index (χ1v) is 7.22. The summed E-state index contributed by atoms with van der Waals surface area (Å²) < 4.78 is 0. The van der Waals surface area contributed by atoms with Crippen LogP contribution >= 0.6 is 0 Å². The van der Waals surface area contributed by atoms with Crippen LogP contribution in [0.4, 0.5) is 0 Å². The third-order valence-corrected chi connectivity index (χ3v) is 3.74. The molecule has 0 aliphatic heterocycles. The smallest absolute Gasteiger partial charge is 0.320 e. The summed E-state index contributed by atoms with van der Waals surface area (Å²) in [6, 6.07) is 5.67. The molecule has 1 rings (SSSR count). The zero-order valence-corrected chi connectivity index (χ0v) is 13.3. The number of aliphatic carboxylic acids is 1. The fourth-order valence-corrected chi connectivity index (χ4v) is 2.13. The Morgan fingerprint density at radius 2 is 1.95 bits per heavy atom. The molecule has 0 aliphatic rings. The summed E-state index contributed by atoms with van der Waals surface area (Å²) in [6.45, 7) is 11.2. The SMILES string of the molecule is Cc1cccc(CN[C@@H](CCC(C)(C)C)C(=O)O)c1C. The van der Waals surface area contributed by atoms with Gasteiger partial charge in [0.2, 0.25) is 0 Å². The molecular formula is C17H27NO2. The molecule has 20 heavy (non-hydrogen) atoms. The normalized spacial score (nSPS) is 13.2. The maximum atomic E-state index is 11.3. The van der Waals surface area contributed by atoms with Crippen molar-refractivity contribution in [2.24, 2.45) is 5.41 Å². The van der Waals surface area contributed by atoms with E-state index >= 15 is 0 Å². The molecule has 3 heteroatoms. The van der Waals surface area contributed by atoms with E-state index in [-0.39, 0.29) is 5.41 Å². The third kappa shape index (κ3) is 5.33. The van der Waals surface area contributed by atoms with E-state index in [1.807, 2.05) is 6.07 Å². The minimum Gasteiger partial charge on any atom is -0.480 e. The minimum atomic E-state index is -0.764. The zero-order chi connectivity index (χ0) is 15.3. The van der Waals surface area contributed by atoms with Crippen molar-refractivity contribution in [3.05, 3.63) is 34.9 Å². The van der Waals surface area contributed by atoms with E-state index in [4.69, 9.17) is 0 Å². The van der Waals surface area contributed by atoms with E-state index in [1.165, 1.54) is 16.7 Å². The van der Waals surface area contributed by atoms with Gasteiger partial charge in [-0.05, 0) is 48.8 Å². The number of carboxylic acids is 1. The number of nitrogens with one attached hydrogen (secondary N) is 1. The van der Waals surface area contributed by atoms with Gasteiger partial charge in [-0.25, -0.2) is 0 Å². The molecule has 0 spiro atoms. The van der Waals surface area contributed by atoms with Gasteiger partial charge in [-0.1, -0.05) is 39.0 Å². The highest BCUT2D eigenvalue weighted by molar-refractivity contribution is 5.73. The highest BCUT2D eigenvalue weighted by Gasteiger charge is 2.20. The molecule has 0 saturated heterocycles. The van der Waals surface area contributed by atoms with Crippen LogP contribution in [0.25, 0.3) is 0 Å². The van der Waals surface area contributed by atoms with Crippen molar-refractivity contribution in [3.63, 3.8) is 0 Å². The standard InChI is InChI=1S/C17H27NO2/c1-12-7-6-8-14(13(12)2)11-18-15(16(19)20)9-10-17(3,4)5/h6-8,15,18H,9-11H2,1-5H3,(H,19,20)/t15-/m0/s1. The number of benzene rings is 1. The largest absolute Gasteiger partial charge is 0.480 e. The second-order valence-electron chi connectivity index (χ2n) is 6.73. The molecule has 0 aromatic heterocycles. The highest BCUT2D eigenvalue weighted by atomic mass is 16.4. The van der Waals surface area contributed by atoms with Crippen LogP contribution in [0, 0.1) is 19.3 Å². The second kappa shape index (κ2) is 6.89. The van der Waals surface area contributed by atoms with E-state index in [2.05, 4.69) is 52.1 Å². The zero-order valence-electron chi connectivity index (χ0n) is 13.3. The predicted octanol–water partition coefficient (Wildman–Crippen LogP) is 3.67. The van der Waals surface area contributed by atoms with Crippen LogP contribution in [-0.4, -0.2) is 17.1 Å². The highest BCUT2D eigenvalue weighted by Crippen LogP contribution is 2.22. The predicted molar refractivity (Wildman–Crippen MR) is 82.9 cm³/mol. The van der Waals surface area contributed by atoms with Crippen LogP contribution in [0.15, 0.2) is 18.2 Å². The van der Waals surface area contributed by atoms with Crippen molar-refractivity contribution in [1.29, 1.82) is 0 Å². The van der Waals surface area contributed by atoms with E-state index in [0.717, 1.165) is 6.42 Å². The van der Waals surface area contributed by atoms with Crippen molar-refractivity contribution in [2.75, 3.05) is 0 Å². The lowest BCUT2D eigenvalue weighted by Crippen LogP contribution is -2.37. The molecule has 1 atom stereocenters. The monoisotopic (exact) mass is 277 g/mol. The first-order valence-electron chi connectivity index (χ1n) is 7.22. The van der Waals surface area contributed by atoms with E-state index in [1.54, 1.807) is 0 Å². The summed E-state index contributed by atoms with van der Waals surface area (Å²) in [5.41, 5.74) is 3.81. The number of hydrogen-bond acceptors (Lipinski definition) is 2. The van der Waals surface area contributed by atoms with Crippen LogP contribution in [0.2, 0.25) is 0 Å². The number of carboxylic acid groups (broad SMARTS) is 1. The number of aryl methyl sites for hydroxylation is 1. The minimum absolute atomic E-state index is 0.161. The maximum Gasteiger partial charge on any atom is 0.320 e. The molecule has 0 saturated carbocycles. The molecule has 0 fully saturated rings. The van der Waals surface area contributed by atoms with Gasteiger partial charge in [0.1, 0.15) is 6.04 Å². The fourth-order valence-electron chi connectivity index (χ4n) is 2.13. The summed E-state index contributed by atoms with van der Waals surface area (Å²) >= 11 is 0. The van der Waals surface area contributed by atoms with Crippen LogP contribution < -0.4 is 5.32 Å². The Hall–Kier alpha value is -1.35. The number of carbonyl (C=O) groups is 1. The molecule has 0 heterocycles. The quantitative estimate of drug-likeness (QED) is 0.834. The van der Waals surface area contributed by atoms with Crippen molar-refractivity contribution >= 4 is 5.97 Å². The Bertz CT molecular complexity index is 461. The van der Waals surface area contributed by atoms with Crippen LogP contribution in [0.1, 0.15) is 50.3 Å². The first-order chi connectivity index (χ1) is 9.20. The van der Waals surface area contributed by atoms with Gasteiger partial charge in [-0.2, -0.15) is 0 Å². The molecule has 112 valence electrons. The fraction of sp³-hybridized carbons (Fsp3) is 0.588. The lowest BCUT2D eigenvalue weighted by molar-refractivity contribution is -0.139. The van der Waals surface area contributed by atoms with Gasteiger partial charge in [0.05, 0.1) is 0 Å². The van der Waals surface area contributed by atoms with Gasteiger partial charge in [0.25, 0.3) is 0 Å². The molecule has 1 aromatic carbocycles. The van der Waals surface area contributed by atoms with Crippen molar-refractivity contribution in [2.45, 2.75) is 60.0 Å². The molecule has 2 N–H and O–H groups in total. The first kappa shape index (κ1) is 16.7. The molecule has 0 aliphatic carbocycles. The van der Waals surface area contributed by atoms with Crippen LogP contribution in [0.3, 0.4) is 0 Å². The Kier molecular flexibility index (Phi) is 5.75. The Balaban J connectivity index is 2.63. The molecule has 3 nitrogen and oxygen atoms in total. The third-order valence-electron chi connectivity index (χ3n) is 3.74. The van der Waals surface area contributed by atoms with Crippen molar-refractivity contribution < 1.29 is 9.90 Å². The Morgan fingerprint density at radius 3 is 2.50 bits per heavy atom. The van der Waals surface area contributed by atoms with Crippen LogP contribution in [0.5, 0.6) is 0 Å². The van der Waals surface area contributed by atoms with Gasteiger partial charge in [0, 0.05) is 6.54 Å². The van der Waals surface area contributed by atoms with E-state index in [0.29, 0.717) is 13.0 Å². The van der Waals surface area contributed by atoms with Crippen molar-refractivity contribution in [1.82, 2.24) is 5.32 Å². The lowest BCUT2D eigenvalue weighted by Gasteiger charge is -2.22. The Morgan fingerprint density at radius 1 is 1.30 bits per heavy atom. The number of rotatable bonds is 6. The molecular weight excluding hydrogens is 250 g/mol. The molecule has 0 radical (unpaired) electrons. The maximum absolute atomic E-state index is 11.3. The van der Waals surface area contributed by atoms with Gasteiger partial charge < -0.3 is 10.4 Å². The Labute approximate surface area is 122 Å². The summed E-state index contributed by atoms with van der Waals surface area (Å²) in [5.74, 6) is -0.764. The van der Waals surface area contributed by atoms with E-state index < -0.39 is 12.0 Å². The summed E-state index contributed by atoms with van der Waals surface area (Å²) in [5, 5.41) is 12.5. The van der Waals surface area contributed by atoms with E-state index in [9.17, 15) is 9.90 Å². The van der Waals surface area contributed by atoms with Gasteiger partial charge in [-0.3, -0.25) is 4.79 Å².